The molecule has 2 aliphatic rings. The Bertz CT molecular complexity index is 279. The zero-order valence-corrected chi connectivity index (χ0v) is 9.11. The van der Waals surface area contributed by atoms with E-state index < -0.39 is 5.97 Å². The minimum Gasteiger partial charge on any atom is -0.478 e. The van der Waals surface area contributed by atoms with Crippen molar-refractivity contribution < 1.29 is 14.6 Å². The molecule has 0 bridgehead atoms. The molecule has 2 rings (SSSR count). The van der Waals surface area contributed by atoms with Crippen LogP contribution < -0.4 is 0 Å². The minimum absolute atomic E-state index is 0.201. The number of epoxide rings is 1. The zero-order valence-electron chi connectivity index (χ0n) is 9.11. The molecular weight excluding hydrogens is 192 g/mol. The molecule has 3 nitrogen and oxygen atoms in total. The third kappa shape index (κ3) is 2.81. The van der Waals surface area contributed by atoms with Crippen LogP contribution in [0.1, 0.15) is 32.6 Å². The van der Waals surface area contributed by atoms with Gasteiger partial charge in [0.1, 0.15) is 0 Å². The fourth-order valence-electron chi connectivity index (χ4n) is 2.43. The van der Waals surface area contributed by atoms with Gasteiger partial charge < -0.3 is 9.84 Å². The van der Waals surface area contributed by atoms with Gasteiger partial charge in [0.2, 0.25) is 0 Å². The molecule has 1 fully saturated rings. The van der Waals surface area contributed by atoms with Crippen LogP contribution in [-0.2, 0) is 9.53 Å². The number of hydrogen-bond donors (Lipinski definition) is 1. The number of ether oxygens (including phenoxy) is 1. The second-order valence-electron chi connectivity index (χ2n) is 4.77. The first-order valence-corrected chi connectivity index (χ1v) is 5.71. The highest BCUT2D eigenvalue weighted by Gasteiger charge is 2.32. The minimum atomic E-state index is -0.741. The highest BCUT2D eigenvalue weighted by molar-refractivity contribution is 5.87. The van der Waals surface area contributed by atoms with Crippen molar-refractivity contribution >= 4 is 5.97 Å². The molecule has 0 saturated carbocycles. The van der Waals surface area contributed by atoms with Crippen LogP contribution in [0.25, 0.3) is 0 Å². The van der Waals surface area contributed by atoms with Crippen LogP contribution in [0, 0.1) is 11.8 Å². The maximum absolute atomic E-state index is 11.1. The summed E-state index contributed by atoms with van der Waals surface area (Å²) in [6.45, 7) is 3.02. The fraction of sp³-hybridized carbons (Fsp3) is 0.750. The van der Waals surface area contributed by atoms with Gasteiger partial charge in [0.15, 0.2) is 0 Å². The van der Waals surface area contributed by atoms with Crippen molar-refractivity contribution in [1.82, 2.24) is 0 Å². The van der Waals surface area contributed by atoms with E-state index in [9.17, 15) is 4.79 Å². The van der Waals surface area contributed by atoms with E-state index in [-0.39, 0.29) is 5.92 Å². The van der Waals surface area contributed by atoms with Crippen LogP contribution in [0.3, 0.4) is 0 Å². The van der Waals surface area contributed by atoms with Gasteiger partial charge in [-0.1, -0.05) is 13.0 Å². The lowest BCUT2D eigenvalue weighted by Crippen LogP contribution is -2.16. The first-order chi connectivity index (χ1) is 7.16. The molecule has 0 aromatic rings. The summed E-state index contributed by atoms with van der Waals surface area (Å²) in [7, 11) is 0. The van der Waals surface area contributed by atoms with Gasteiger partial charge in [-0.3, -0.25) is 0 Å². The Labute approximate surface area is 90.1 Å². The van der Waals surface area contributed by atoms with Crippen molar-refractivity contribution in [3.8, 4) is 0 Å². The summed E-state index contributed by atoms with van der Waals surface area (Å²) >= 11 is 0. The summed E-state index contributed by atoms with van der Waals surface area (Å²) in [4.78, 5) is 11.1. The average Bonchev–Trinajstić information content (AvgIpc) is 2.94. The standard InChI is InChI=1S/C12H18O3/c1-8-3-2-4-11(12(13)14)9(5-8)6-10-7-15-10/h4,8-10H,2-3,5-7H2,1H3,(H,13,14). The molecule has 1 aliphatic heterocycles. The Kier molecular flexibility index (Phi) is 3.10. The third-order valence-corrected chi connectivity index (χ3v) is 3.35. The maximum atomic E-state index is 11.1. The van der Waals surface area contributed by atoms with E-state index in [0.717, 1.165) is 32.3 Å². The van der Waals surface area contributed by atoms with E-state index in [2.05, 4.69) is 6.92 Å². The maximum Gasteiger partial charge on any atom is 0.331 e. The predicted molar refractivity (Wildman–Crippen MR) is 56.6 cm³/mol. The predicted octanol–water partition coefficient (Wildman–Crippen LogP) is 2.22. The number of rotatable bonds is 3. The van der Waals surface area contributed by atoms with Crippen molar-refractivity contribution in [3.63, 3.8) is 0 Å². The Morgan fingerprint density at radius 3 is 3.00 bits per heavy atom. The largest absolute Gasteiger partial charge is 0.478 e. The summed E-state index contributed by atoms with van der Waals surface area (Å²) in [5.74, 6) is 0.0871. The molecule has 0 radical (unpaired) electrons. The van der Waals surface area contributed by atoms with Gasteiger partial charge in [0.25, 0.3) is 0 Å². The van der Waals surface area contributed by atoms with Gasteiger partial charge in [-0.25, -0.2) is 4.79 Å². The van der Waals surface area contributed by atoms with Crippen molar-refractivity contribution in [2.24, 2.45) is 11.8 Å². The second kappa shape index (κ2) is 4.35. The number of allylic oxidation sites excluding steroid dienone is 1. The molecule has 3 unspecified atom stereocenters. The Morgan fingerprint density at radius 1 is 1.67 bits per heavy atom. The fourth-order valence-corrected chi connectivity index (χ4v) is 2.43. The van der Waals surface area contributed by atoms with E-state index in [1.165, 1.54) is 0 Å². The molecular formula is C12H18O3. The topological polar surface area (TPSA) is 49.8 Å². The molecule has 84 valence electrons. The summed E-state index contributed by atoms with van der Waals surface area (Å²) in [5.41, 5.74) is 0.620. The smallest absolute Gasteiger partial charge is 0.331 e. The lowest BCUT2D eigenvalue weighted by atomic mass is 9.87. The van der Waals surface area contributed by atoms with Gasteiger partial charge in [-0.15, -0.1) is 0 Å². The zero-order chi connectivity index (χ0) is 10.8. The molecule has 1 saturated heterocycles. The van der Waals surface area contributed by atoms with Crippen molar-refractivity contribution in [1.29, 1.82) is 0 Å². The molecule has 1 aliphatic carbocycles. The second-order valence-corrected chi connectivity index (χ2v) is 4.77. The number of carboxylic acid groups (broad SMARTS) is 1. The molecule has 15 heavy (non-hydrogen) atoms. The molecule has 0 amide bonds. The van der Waals surface area contributed by atoms with Crippen LogP contribution in [0.5, 0.6) is 0 Å². The number of carboxylic acids is 1. The van der Waals surface area contributed by atoms with Crippen molar-refractivity contribution in [3.05, 3.63) is 11.6 Å². The molecule has 1 N–H and O–H groups in total. The lowest BCUT2D eigenvalue weighted by molar-refractivity contribution is -0.133. The van der Waals surface area contributed by atoms with Crippen LogP contribution in [0.4, 0.5) is 0 Å². The molecule has 0 aromatic heterocycles. The van der Waals surface area contributed by atoms with Gasteiger partial charge in [0, 0.05) is 5.57 Å². The first kappa shape index (κ1) is 10.7. The van der Waals surface area contributed by atoms with Crippen LogP contribution in [0.2, 0.25) is 0 Å². The van der Waals surface area contributed by atoms with Gasteiger partial charge >= 0.3 is 5.97 Å². The molecule has 0 spiro atoms. The Hall–Kier alpha value is -0.830. The first-order valence-electron chi connectivity index (χ1n) is 5.71. The summed E-state index contributed by atoms with van der Waals surface area (Å²) in [5, 5.41) is 9.14. The lowest BCUT2D eigenvalue weighted by Gasteiger charge is -2.17. The summed E-state index contributed by atoms with van der Waals surface area (Å²) < 4.78 is 5.20. The average molecular weight is 210 g/mol. The van der Waals surface area contributed by atoms with Gasteiger partial charge in [-0.2, -0.15) is 0 Å². The highest BCUT2D eigenvalue weighted by atomic mass is 16.6. The molecule has 0 aromatic carbocycles. The number of aliphatic carboxylic acids is 1. The van der Waals surface area contributed by atoms with Crippen molar-refractivity contribution in [2.45, 2.75) is 38.7 Å². The van der Waals surface area contributed by atoms with E-state index in [1.54, 1.807) is 0 Å². The summed E-state index contributed by atoms with van der Waals surface area (Å²) in [6.07, 6.45) is 6.14. The SMILES string of the molecule is CC1CCC=C(C(=O)O)C(CC2CO2)C1. The third-order valence-electron chi connectivity index (χ3n) is 3.35. The quantitative estimate of drug-likeness (QED) is 0.727. The monoisotopic (exact) mass is 210 g/mol. The van der Waals surface area contributed by atoms with E-state index in [4.69, 9.17) is 9.84 Å². The Balaban J connectivity index is 2.07. The van der Waals surface area contributed by atoms with Crippen LogP contribution >= 0.6 is 0 Å². The van der Waals surface area contributed by atoms with Gasteiger partial charge in [-0.05, 0) is 37.5 Å². The van der Waals surface area contributed by atoms with Gasteiger partial charge in [0.05, 0.1) is 12.7 Å². The number of hydrogen-bond acceptors (Lipinski definition) is 2. The van der Waals surface area contributed by atoms with E-state index in [0.29, 0.717) is 17.6 Å². The van der Waals surface area contributed by atoms with E-state index >= 15 is 0 Å². The number of carbonyl (C=O) groups is 1. The van der Waals surface area contributed by atoms with Crippen LogP contribution in [-0.4, -0.2) is 23.8 Å². The van der Waals surface area contributed by atoms with Crippen molar-refractivity contribution in [2.75, 3.05) is 6.61 Å². The molecule has 3 atom stereocenters. The normalized spacial score (nSPS) is 35.5. The summed E-state index contributed by atoms with van der Waals surface area (Å²) in [6, 6.07) is 0. The molecule has 1 heterocycles. The van der Waals surface area contributed by atoms with Crippen LogP contribution in [0.15, 0.2) is 11.6 Å². The molecule has 3 heteroatoms. The highest BCUT2D eigenvalue weighted by Crippen LogP contribution is 2.34. The van der Waals surface area contributed by atoms with E-state index in [1.807, 2.05) is 6.08 Å². The Morgan fingerprint density at radius 2 is 2.40 bits per heavy atom.